The molecule has 116 valence electrons. The van der Waals surface area contributed by atoms with E-state index in [9.17, 15) is 4.79 Å². The third kappa shape index (κ3) is 3.69. The number of carbonyl (C=O) groups is 1. The lowest BCUT2D eigenvalue weighted by molar-refractivity contribution is -0.122. The molecule has 21 heavy (non-hydrogen) atoms. The Labute approximate surface area is 127 Å². The lowest BCUT2D eigenvalue weighted by atomic mass is 9.98. The predicted molar refractivity (Wildman–Crippen MR) is 88.4 cm³/mol. The standard InChI is InChI=1S/C17H27N3O/c1-12(2)9-10-19-17(21)13(3)20-11-5-6-14-15(18)7-4-8-16(14)20/h4,7-8,12-13H,5-6,9-11,18H2,1-3H3,(H,19,21). The van der Waals surface area contributed by atoms with Gasteiger partial charge in [0.1, 0.15) is 6.04 Å². The Morgan fingerprint density at radius 2 is 2.14 bits per heavy atom. The third-order valence-electron chi connectivity index (χ3n) is 4.19. The van der Waals surface area contributed by atoms with Gasteiger partial charge in [-0.1, -0.05) is 19.9 Å². The second-order valence-corrected chi connectivity index (χ2v) is 6.29. The maximum Gasteiger partial charge on any atom is 0.242 e. The van der Waals surface area contributed by atoms with E-state index in [2.05, 4.69) is 30.1 Å². The molecule has 0 aliphatic carbocycles. The average molecular weight is 289 g/mol. The van der Waals surface area contributed by atoms with E-state index in [4.69, 9.17) is 5.73 Å². The van der Waals surface area contributed by atoms with Crippen LogP contribution in [0, 0.1) is 5.92 Å². The third-order valence-corrected chi connectivity index (χ3v) is 4.19. The fourth-order valence-electron chi connectivity index (χ4n) is 2.86. The van der Waals surface area contributed by atoms with E-state index in [0.717, 1.165) is 43.7 Å². The second-order valence-electron chi connectivity index (χ2n) is 6.29. The van der Waals surface area contributed by atoms with Crippen molar-refractivity contribution >= 4 is 17.3 Å². The molecule has 1 atom stereocenters. The van der Waals surface area contributed by atoms with Crippen LogP contribution in [-0.2, 0) is 11.2 Å². The quantitative estimate of drug-likeness (QED) is 0.819. The number of hydrogen-bond acceptors (Lipinski definition) is 3. The van der Waals surface area contributed by atoms with Gasteiger partial charge in [0.15, 0.2) is 0 Å². The highest BCUT2D eigenvalue weighted by Gasteiger charge is 2.26. The van der Waals surface area contributed by atoms with Crippen LogP contribution in [0.15, 0.2) is 18.2 Å². The van der Waals surface area contributed by atoms with E-state index in [0.29, 0.717) is 5.92 Å². The van der Waals surface area contributed by atoms with E-state index < -0.39 is 0 Å². The number of hydrogen-bond donors (Lipinski definition) is 2. The summed E-state index contributed by atoms with van der Waals surface area (Å²) in [4.78, 5) is 14.5. The van der Waals surface area contributed by atoms with Crippen molar-refractivity contribution in [2.45, 2.75) is 46.1 Å². The van der Waals surface area contributed by atoms with E-state index in [1.165, 1.54) is 5.56 Å². The molecule has 0 aromatic heterocycles. The summed E-state index contributed by atoms with van der Waals surface area (Å²) in [5, 5.41) is 3.04. The first kappa shape index (κ1) is 15.7. The molecule has 3 N–H and O–H groups in total. The zero-order valence-corrected chi connectivity index (χ0v) is 13.4. The summed E-state index contributed by atoms with van der Waals surface area (Å²) in [6, 6.07) is 5.83. The van der Waals surface area contributed by atoms with Crippen molar-refractivity contribution in [3.63, 3.8) is 0 Å². The Bertz CT molecular complexity index is 499. The van der Waals surface area contributed by atoms with Crippen LogP contribution in [-0.4, -0.2) is 25.0 Å². The molecule has 1 aliphatic heterocycles. The number of nitrogens with zero attached hydrogens (tertiary/aromatic N) is 1. The first-order valence-corrected chi connectivity index (χ1v) is 7.92. The molecular weight excluding hydrogens is 262 g/mol. The number of nitrogens with two attached hydrogens (primary N) is 1. The van der Waals surface area contributed by atoms with Gasteiger partial charge in [0.2, 0.25) is 5.91 Å². The molecule has 2 rings (SSSR count). The Morgan fingerprint density at radius 1 is 1.38 bits per heavy atom. The highest BCUT2D eigenvalue weighted by atomic mass is 16.2. The van der Waals surface area contributed by atoms with Crippen LogP contribution in [0.2, 0.25) is 0 Å². The van der Waals surface area contributed by atoms with Gasteiger partial charge in [-0.2, -0.15) is 0 Å². The summed E-state index contributed by atoms with van der Waals surface area (Å²) in [7, 11) is 0. The fraction of sp³-hybridized carbons (Fsp3) is 0.588. The SMILES string of the molecule is CC(C)CCNC(=O)C(C)N1CCCc2c(N)cccc21. The van der Waals surface area contributed by atoms with Gasteiger partial charge in [0.05, 0.1) is 0 Å². The van der Waals surface area contributed by atoms with Gasteiger partial charge >= 0.3 is 0 Å². The van der Waals surface area contributed by atoms with Crippen molar-refractivity contribution in [1.82, 2.24) is 5.32 Å². The van der Waals surface area contributed by atoms with Crippen molar-refractivity contribution in [1.29, 1.82) is 0 Å². The van der Waals surface area contributed by atoms with Gasteiger partial charge in [-0.25, -0.2) is 0 Å². The Kier molecular flexibility index (Phi) is 5.10. The molecule has 1 unspecified atom stereocenters. The van der Waals surface area contributed by atoms with E-state index in [-0.39, 0.29) is 11.9 Å². The lowest BCUT2D eigenvalue weighted by Gasteiger charge is -2.36. The van der Waals surface area contributed by atoms with Crippen molar-refractivity contribution in [3.8, 4) is 0 Å². The van der Waals surface area contributed by atoms with Crippen molar-refractivity contribution < 1.29 is 4.79 Å². The maximum absolute atomic E-state index is 12.3. The molecule has 0 saturated carbocycles. The molecule has 4 nitrogen and oxygen atoms in total. The number of nitrogen functional groups attached to an aromatic ring is 1. The van der Waals surface area contributed by atoms with Gasteiger partial charge in [-0.3, -0.25) is 4.79 Å². The molecule has 0 bridgehead atoms. The number of fused-ring (bicyclic) bond motifs is 1. The van der Waals surface area contributed by atoms with Crippen LogP contribution in [0.4, 0.5) is 11.4 Å². The normalized spacial score (nSPS) is 15.7. The van der Waals surface area contributed by atoms with Crippen LogP contribution in [0.25, 0.3) is 0 Å². The van der Waals surface area contributed by atoms with Crippen LogP contribution in [0.3, 0.4) is 0 Å². The Balaban J connectivity index is 2.05. The number of nitrogens with one attached hydrogen (secondary N) is 1. The van der Waals surface area contributed by atoms with Crippen molar-refractivity contribution in [2.75, 3.05) is 23.7 Å². The molecule has 0 radical (unpaired) electrons. The van der Waals surface area contributed by atoms with Gasteiger partial charge in [0.25, 0.3) is 0 Å². The van der Waals surface area contributed by atoms with Gasteiger partial charge in [-0.05, 0) is 49.8 Å². The molecule has 1 amide bonds. The second kappa shape index (κ2) is 6.83. The maximum atomic E-state index is 12.3. The molecule has 1 aromatic rings. The van der Waals surface area contributed by atoms with E-state index in [1.54, 1.807) is 0 Å². The van der Waals surface area contributed by atoms with Crippen LogP contribution >= 0.6 is 0 Å². The minimum atomic E-state index is -0.155. The number of anilines is 2. The van der Waals surface area contributed by atoms with Gasteiger partial charge in [0, 0.05) is 24.5 Å². The molecule has 0 saturated heterocycles. The van der Waals surface area contributed by atoms with Crippen LogP contribution < -0.4 is 16.0 Å². The monoisotopic (exact) mass is 289 g/mol. The highest BCUT2D eigenvalue weighted by molar-refractivity contribution is 5.85. The summed E-state index contributed by atoms with van der Waals surface area (Å²) in [6.45, 7) is 7.97. The van der Waals surface area contributed by atoms with Gasteiger partial charge in [-0.15, -0.1) is 0 Å². The molecule has 4 heteroatoms. The minimum absolute atomic E-state index is 0.103. The summed E-state index contributed by atoms with van der Waals surface area (Å²) in [5.74, 6) is 0.710. The number of benzene rings is 1. The highest BCUT2D eigenvalue weighted by Crippen LogP contribution is 2.32. The van der Waals surface area contributed by atoms with E-state index >= 15 is 0 Å². The molecule has 1 aromatic carbocycles. The zero-order valence-electron chi connectivity index (χ0n) is 13.4. The molecule has 1 aliphatic rings. The molecule has 0 fully saturated rings. The van der Waals surface area contributed by atoms with Crippen LogP contribution in [0.5, 0.6) is 0 Å². The number of rotatable bonds is 5. The van der Waals surface area contributed by atoms with Crippen molar-refractivity contribution in [2.24, 2.45) is 5.92 Å². The molecule has 0 spiro atoms. The summed E-state index contributed by atoms with van der Waals surface area (Å²) in [5.41, 5.74) is 9.21. The molecular formula is C17H27N3O. The number of amides is 1. The largest absolute Gasteiger partial charge is 0.398 e. The average Bonchev–Trinajstić information content (AvgIpc) is 2.46. The van der Waals surface area contributed by atoms with Crippen LogP contribution in [0.1, 0.15) is 39.2 Å². The zero-order chi connectivity index (χ0) is 15.4. The Hall–Kier alpha value is -1.71. The predicted octanol–water partition coefficient (Wildman–Crippen LogP) is 2.57. The Morgan fingerprint density at radius 3 is 2.86 bits per heavy atom. The minimum Gasteiger partial charge on any atom is -0.398 e. The fourth-order valence-corrected chi connectivity index (χ4v) is 2.86. The first-order chi connectivity index (χ1) is 10.0. The smallest absolute Gasteiger partial charge is 0.242 e. The molecule has 1 heterocycles. The summed E-state index contributed by atoms with van der Waals surface area (Å²) >= 11 is 0. The topological polar surface area (TPSA) is 58.4 Å². The van der Waals surface area contributed by atoms with Gasteiger partial charge < -0.3 is 16.0 Å². The summed E-state index contributed by atoms with van der Waals surface area (Å²) < 4.78 is 0. The number of carbonyl (C=O) groups excluding carboxylic acids is 1. The van der Waals surface area contributed by atoms with Crippen molar-refractivity contribution in [3.05, 3.63) is 23.8 Å². The lowest BCUT2D eigenvalue weighted by Crippen LogP contribution is -2.47. The van der Waals surface area contributed by atoms with E-state index in [1.807, 2.05) is 19.1 Å². The first-order valence-electron chi connectivity index (χ1n) is 7.92. The summed E-state index contributed by atoms with van der Waals surface area (Å²) in [6.07, 6.45) is 3.06.